The number of benzene rings is 1. The van der Waals surface area contributed by atoms with Crippen LogP contribution >= 0.6 is 11.6 Å². The Morgan fingerprint density at radius 3 is 3.00 bits per heavy atom. The fourth-order valence-corrected chi connectivity index (χ4v) is 2.58. The number of hydrogen-bond acceptors (Lipinski definition) is 2. The van der Waals surface area contributed by atoms with E-state index < -0.39 is 0 Å². The molecule has 1 aliphatic rings. The van der Waals surface area contributed by atoms with E-state index in [0.717, 1.165) is 18.7 Å². The topological polar surface area (TPSA) is 41.6 Å². The highest BCUT2D eigenvalue weighted by atomic mass is 35.5. The first-order chi connectivity index (χ1) is 7.84. The lowest BCUT2D eigenvalue weighted by Crippen LogP contribution is -2.12. The van der Waals surface area contributed by atoms with E-state index in [1.807, 2.05) is 0 Å². The molecule has 4 heteroatoms. The van der Waals surface area contributed by atoms with Crippen molar-refractivity contribution in [2.45, 2.75) is 25.2 Å². The van der Waals surface area contributed by atoms with Crippen LogP contribution in [0.2, 0.25) is 5.28 Å². The van der Waals surface area contributed by atoms with Crippen molar-refractivity contribution in [3.63, 3.8) is 0 Å². The van der Waals surface area contributed by atoms with Crippen molar-refractivity contribution in [1.82, 2.24) is 15.2 Å². The quantitative estimate of drug-likeness (QED) is 0.823. The summed E-state index contributed by atoms with van der Waals surface area (Å²) >= 11 is 5.75. The molecule has 1 N–H and O–H groups in total. The van der Waals surface area contributed by atoms with Gasteiger partial charge in [-0.25, -0.2) is 4.98 Å². The molecule has 3 nitrogen and oxygen atoms in total. The van der Waals surface area contributed by atoms with Crippen LogP contribution in [-0.2, 0) is 6.42 Å². The fourth-order valence-electron chi connectivity index (χ4n) is 2.45. The lowest BCUT2D eigenvalue weighted by Gasteiger charge is -2.23. The molecule has 1 aromatic carbocycles. The normalized spacial score (nSPS) is 19.4. The lowest BCUT2D eigenvalue weighted by molar-refractivity contribution is 0.592. The Morgan fingerprint density at radius 1 is 1.31 bits per heavy atom. The van der Waals surface area contributed by atoms with Crippen LogP contribution in [0.5, 0.6) is 0 Å². The first-order valence-corrected chi connectivity index (χ1v) is 5.88. The molecule has 0 saturated carbocycles. The molecule has 1 unspecified atom stereocenters. The molecule has 0 saturated heterocycles. The fraction of sp³-hybridized carbons (Fsp3) is 0.333. The molecule has 0 radical (unpaired) electrons. The molecule has 0 aliphatic heterocycles. The maximum atomic E-state index is 5.75. The van der Waals surface area contributed by atoms with Gasteiger partial charge >= 0.3 is 0 Å². The van der Waals surface area contributed by atoms with E-state index in [1.54, 1.807) is 0 Å². The van der Waals surface area contributed by atoms with Gasteiger partial charge in [-0.3, -0.25) is 5.10 Å². The van der Waals surface area contributed by atoms with E-state index >= 15 is 0 Å². The zero-order valence-electron chi connectivity index (χ0n) is 8.78. The minimum atomic E-state index is 0.304. The first-order valence-electron chi connectivity index (χ1n) is 5.50. The van der Waals surface area contributed by atoms with Gasteiger partial charge in [0.15, 0.2) is 0 Å². The third kappa shape index (κ3) is 1.61. The SMILES string of the molecule is Clc1n[nH]c(C2CCCc3ccccc32)n1. The Morgan fingerprint density at radius 2 is 2.19 bits per heavy atom. The van der Waals surface area contributed by atoms with Gasteiger partial charge in [-0.1, -0.05) is 24.3 Å². The largest absolute Gasteiger partial charge is 0.261 e. The number of nitrogens with one attached hydrogen (secondary N) is 1. The van der Waals surface area contributed by atoms with Gasteiger partial charge in [0.1, 0.15) is 5.82 Å². The average molecular weight is 234 g/mol. The van der Waals surface area contributed by atoms with Gasteiger partial charge in [0, 0.05) is 5.92 Å². The molecule has 3 rings (SSSR count). The Labute approximate surface area is 98.9 Å². The minimum Gasteiger partial charge on any atom is -0.261 e. The predicted molar refractivity (Wildman–Crippen MR) is 62.6 cm³/mol. The smallest absolute Gasteiger partial charge is 0.242 e. The van der Waals surface area contributed by atoms with Crippen LogP contribution in [0.25, 0.3) is 0 Å². The van der Waals surface area contributed by atoms with Crippen molar-refractivity contribution in [3.05, 3.63) is 46.5 Å². The molecule has 16 heavy (non-hydrogen) atoms. The number of fused-ring (bicyclic) bond motifs is 1. The standard InChI is InChI=1S/C12H12ClN3/c13-12-14-11(15-16-12)10-7-3-5-8-4-1-2-6-9(8)10/h1-2,4,6,10H,3,5,7H2,(H,14,15,16). The zero-order valence-corrected chi connectivity index (χ0v) is 9.54. The number of hydrogen-bond donors (Lipinski definition) is 1. The molecular weight excluding hydrogens is 222 g/mol. The molecule has 1 aromatic heterocycles. The average Bonchev–Trinajstić information content (AvgIpc) is 2.75. The van der Waals surface area contributed by atoms with E-state index in [0.29, 0.717) is 11.2 Å². The first kappa shape index (κ1) is 9.85. The highest BCUT2D eigenvalue weighted by molar-refractivity contribution is 6.28. The van der Waals surface area contributed by atoms with Crippen molar-refractivity contribution in [3.8, 4) is 0 Å². The highest BCUT2D eigenvalue weighted by Crippen LogP contribution is 2.34. The third-order valence-corrected chi connectivity index (χ3v) is 3.34. The molecule has 1 aliphatic carbocycles. The van der Waals surface area contributed by atoms with Crippen molar-refractivity contribution < 1.29 is 0 Å². The summed E-state index contributed by atoms with van der Waals surface area (Å²) in [6.45, 7) is 0. The number of H-pyrrole nitrogens is 1. The van der Waals surface area contributed by atoms with Gasteiger partial charge in [0.2, 0.25) is 5.28 Å². The van der Waals surface area contributed by atoms with Crippen molar-refractivity contribution in [2.24, 2.45) is 0 Å². The van der Waals surface area contributed by atoms with Crippen LogP contribution in [0, 0.1) is 0 Å². The Kier molecular flexibility index (Phi) is 2.40. The van der Waals surface area contributed by atoms with Crippen molar-refractivity contribution in [1.29, 1.82) is 0 Å². The minimum absolute atomic E-state index is 0.304. The molecule has 0 amide bonds. The second-order valence-corrected chi connectivity index (χ2v) is 4.47. The van der Waals surface area contributed by atoms with E-state index in [1.165, 1.54) is 17.5 Å². The number of rotatable bonds is 1. The summed E-state index contributed by atoms with van der Waals surface area (Å²) in [4.78, 5) is 4.23. The molecule has 0 bridgehead atoms. The Bertz CT molecular complexity index is 506. The summed E-state index contributed by atoms with van der Waals surface area (Å²) in [7, 11) is 0. The van der Waals surface area contributed by atoms with E-state index in [2.05, 4.69) is 39.4 Å². The van der Waals surface area contributed by atoms with Gasteiger partial charge in [0.25, 0.3) is 0 Å². The Hall–Kier alpha value is -1.35. The van der Waals surface area contributed by atoms with Crippen LogP contribution in [0.15, 0.2) is 24.3 Å². The second kappa shape index (κ2) is 3.91. The summed E-state index contributed by atoms with van der Waals surface area (Å²) in [6, 6.07) is 8.54. The molecular formula is C12H12ClN3. The summed E-state index contributed by atoms with van der Waals surface area (Å²) in [6.07, 6.45) is 3.47. The summed E-state index contributed by atoms with van der Waals surface area (Å²) in [5.74, 6) is 1.21. The summed E-state index contributed by atoms with van der Waals surface area (Å²) in [5.41, 5.74) is 2.79. The van der Waals surface area contributed by atoms with Crippen LogP contribution in [0.3, 0.4) is 0 Å². The van der Waals surface area contributed by atoms with E-state index in [4.69, 9.17) is 11.6 Å². The second-order valence-electron chi connectivity index (χ2n) is 4.13. The number of aromatic amines is 1. The monoisotopic (exact) mass is 233 g/mol. The van der Waals surface area contributed by atoms with Crippen molar-refractivity contribution >= 4 is 11.6 Å². The molecule has 1 heterocycles. The number of aryl methyl sites for hydroxylation is 1. The van der Waals surface area contributed by atoms with Gasteiger partial charge in [-0.15, -0.1) is 5.10 Å². The number of nitrogens with zero attached hydrogens (tertiary/aromatic N) is 2. The lowest BCUT2D eigenvalue weighted by atomic mass is 9.82. The van der Waals surface area contributed by atoms with Gasteiger partial charge in [-0.2, -0.15) is 0 Å². The number of aromatic nitrogens is 3. The van der Waals surface area contributed by atoms with Gasteiger partial charge in [0.05, 0.1) is 0 Å². The molecule has 0 fully saturated rings. The molecule has 0 spiro atoms. The van der Waals surface area contributed by atoms with Crippen molar-refractivity contribution in [2.75, 3.05) is 0 Å². The van der Waals surface area contributed by atoms with E-state index in [-0.39, 0.29) is 0 Å². The summed E-state index contributed by atoms with van der Waals surface area (Å²) in [5, 5.41) is 7.12. The van der Waals surface area contributed by atoms with Crippen LogP contribution < -0.4 is 0 Å². The molecule has 1 atom stereocenters. The number of halogens is 1. The zero-order chi connectivity index (χ0) is 11.0. The maximum Gasteiger partial charge on any atom is 0.242 e. The predicted octanol–water partition coefficient (Wildman–Crippen LogP) is 2.93. The van der Waals surface area contributed by atoms with Gasteiger partial charge < -0.3 is 0 Å². The summed E-state index contributed by atoms with van der Waals surface area (Å²) < 4.78 is 0. The molecule has 82 valence electrons. The van der Waals surface area contributed by atoms with Crippen LogP contribution in [-0.4, -0.2) is 15.2 Å². The van der Waals surface area contributed by atoms with E-state index in [9.17, 15) is 0 Å². The van der Waals surface area contributed by atoms with Crippen LogP contribution in [0.4, 0.5) is 0 Å². The maximum absolute atomic E-state index is 5.75. The molecule has 2 aromatic rings. The third-order valence-electron chi connectivity index (χ3n) is 3.17. The highest BCUT2D eigenvalue weighted by Gasteiger charge is 2.23. The Balaban J connectivity index is 2.04. The van der Waals surface area contributed by atoms with Crippen LogP contribution in [0.1, 0.15) is 35.7 Å². The van der Waals surface area contributed by atoms with Gasteiger partial charge in [-0.05, 0) is 42.0 Å².